The molecule has 4 N–H and O–H groups in total. The first kappa shape index (κ1) is 39.3. The Labute approximate surface area is 299 Å². The summed E-state index contributed by atoms with van der Waals surface area (Å²) in [6, 6.07) is 18.4. The molecule has 0 spiro atoms. The van der Waals surface area contributed by atoms with E-state index >= 15 is 0 Å². The van der Waals surface area contributed by atoms with Gasteiger partial charge < -0.3 is 35.4 Å². The van der Waals surface area contributed by atoms with Crippen LogP contribution in [0.5, 0.6) is 0 Å². The van der Waals surface area contributed by atoms with Crippen LogP contribution in [0.15, 0.2) is 60.7 Å². The van der Waals surface area contributed by atoms with Crippen LogP contribution < -0.4 is 16.0 Å². The smallest absolute Gasteiger partial charge is 0.407 e. The highest BCUT2D eigenvalue weighted by atomic mass is 16.6. The lowest BCUT2D eigenvalue weighted by molar-refractivity contribution is -0.140. The van der Waals surface area contributed by atoms with Crippen LogP contribution in [-0.4, -0.2) is 91.1 Å². The minimum absolute atomic E-state index is 0.00634. The molecule has 2 aromatic rings. The van der Waals surface area contributed by atoms with Crippen molar-refractivity contribution in [2.45, 2.75) is 115 Å². The van der Waals surface area contributed by atoms with Crippen molar-refractivity contribution in [3.8, 4) is 0 Å². The molecule has 10 heteroatoms. The fraction of sp³-hybridized carbons (Fsp3) is 0.625. The van der Waals surface area contributed by atoms with E-state index in [-0.39, 0.29) is 24.2 Å². The number of benzene rings is 2. The van der Waals surface area contributed by atoms with Gasteiger partial charge in [-0.05, 0) is 82.8 Å². The third kappa shape index (κ3) is 13.0. The summed E-state index contributed by atoms with van der Waals surface area (Å²) < 4.78 is 10.7. The Kier molecular flexibility index (Phi) is 15.6. The first-order chi connectivity index (χ1) is 24.0. The van der Waals surface area contributed by atoms with Gasteiger partial charge in [0.2, 0.25) is 11.8 Å². The van der Waals surface area contributed by atoms with Crippen molar-refractivity contribution in [1.82, 2.24) is 20.9 Å². The van der Waals surface area contributed by atoms with Crippen LogP contribution in [0, 0.1) is 11.8 Å². The zero-order chi connectivity index (χ0) is 35.9. The summed E-state index contributed by atoms with van der Waals surface area (Å²) in [6.07, 6.45) is 5.90. The number of nitrogens with one attached hydrogen (secondary N) is 3. The Balaban J connectivity index is 1.53. The summed E-state index contributed by atoms with van der Waals surface area (Å²) in [6.45, 7) is 8.10. The average Bonchev–Trinajstić information content (AvgIpc) is 3.10. The second-order valence-corrected chi connectivity index (χ2v) is 15.1. The van der Waals surface area contributed by atoms with E-state index in [0.29, 0.717) is 38.6 Å². The van der Waals surface area contributed by atoms with Gasteiger partial charge in [0, 0.05) is 38.7 Å². The number of ether oxygens (including phenoxy) is 2. The average molecular weight is 693 g/mol. The van der Waals surface area contributed by atoms with Gasteiger partial charge in [0.1, 0.15) is 11.6 Å². The number of piperidine rings is 1. The van der Waals surface area contributed by atoms with Crippen LogP contribution in [0.1, 0.15) is 83.3 Å². The molecule has 0 unspecified atom stereocenters. The summed E-state index contributed by atoms with van der Waals surface area (Å²) in [4.78, 5) is 43.5. The van der Waals surface area contributed by atoms with Crippen molar-refractivity contribution in [2.24, 2.45) is 11.8 Å². The SMILES string of the molecule is COCCNC1CCN(C(=O)[C@@H](NC(=O)[C@@H](Cc2ccccc2)C[C@@H](O)[C@H](Cc2ccccc2)NC(=O)OC(C)(C)C)C2CCCCC2)CC1. The van der Waals surface area contributed by atoms with Crippen LogP contribution >= 0.6 is 0 Å². The number of rotatable bonds is 16. The Morgan fingerprint density at radius 2 is 1.46 bits per heavy atom. The van der Waals surface area contributed by atoms with Gasteiger partial charge in [0.15, 0.2) is 0 Å². The van der Waals surface area contributed by atoms with Gasteiger partial charge in [-0.25, -0.2) is 4.79 Å². The molecule has 1 heterocycles. The molecule has 3 amide bonds. The minimum Gasteiger partial charge on any atom is -0.444 e. The Hall–Kier alpha value is -3.47. The van der Waals surface area contributed by atoms with Gasteiger partial charge in [-0.1, -0.05) is 79.9 Å². The van der Waals surface area contributed by atoms with Crippen LogP contribution in [-0.2, 0) is 31.9 Å². The van der Waals surface area contributed by atoms with Crippen molar-refractivity contribution >= 4 is 17.9 Å². The normalized spacial score (nSPS) is 18.5. The second-order valence-electron chi connectivity index (χ2n) is 15.1. The number of nitrogens with zero attached hydrogens (tertiary/aromatic N) is 1. The number of aliphatic hydroxyl groups is 1. The van der Waals surface area contributed by atoms with E-state index in [9.17, 15) is 19.5 Å². The molecule has 2 aliphatic rings. The fourth-order valence-corrected chi connectivity index (χ4v) is 7.23. The van der Waals surface area contributed by atoms with Gasteiger partial charge in [0.25, 0.3) is 0 Å². The third-order valence-electron chi connectivity index (χ3n) is 9.92. The number of amides is 3. The van der Waals surface area contributed by atoms with E-state index < -0.39 is 35.8 Å². The molecule has 4 atom stereocenters. The molecular weight excluding hydrogens is 632 g/mol. The molecule has 1 saturated heterocycles. The van der Waals surface area contributed by atoms with E-state index in [4.69, 9.17) is 9.47 Å². The number of aliphatic hydroxyl groups excluding tert-OH is 1. The predicted octanol–water partition coefficient (Wildman–Crippen LogP) is 5.02. The zero-order valence-corrected chi connectivity index (χ0v) is 30.6. The van der Waals surface area contributed by atoms with Crippen LogP contribution in [0.3, 0.4) is 0 Å². The summed E-state index contributed by atoms with van der Waals surface area (Å²) in [5, 5.41) is 21.4. The lowest BCUT2D eigenvalue weighted by atomic mass is 9.82. The third-order valence-corrected chi connectivity index (χ3v) is 9.92. The van der Waals surface area contributed by atoms with Crippen LogP contribution in [0.2, 0.25) is 0 Å². The summed E-state index contributed by atoms with van der Waals surface area (Å²) >= 11 is 0. The number of carbonyl (C=O) groups excluding carboxylic acids is 3. The van der Waals surface area contributed by atoms with Gasteiger partial charge in [-0.3, -0.25) is 9.59 Å². The number of likely N-dealkylation sites (tertiary alicyclic amines) is 1. The maximum Gasteiger partial charge on any atom is 0.407 e. The minimum atomic E-state index is -1.06. The van der Waals surface area contributed by atoms with Crippen molar-refractivity contribution in [1.29, 1.82) is 0 Å². The lowest BCUT2D eigenvalue weighted by Crippen LogP contribution is -2.56. The van der Waals surface area contributed by atoms with Gasteiger partial charge in [-0.2, -0.15) is 0 Å². The van der Waals surface area contributed by atoms with Crippen molar-refractivity contribution in [3.05, 3.63) is 71.8 Å². The molecule has 4 rings (SSSR count). The zero-order valence-electron chi connectivity index (χ0n) is 30.6. The molecule has 0 radical (unpaired) electrons. The number of hydrogen-bond donors (Lipinski definition) is 4. The maximum atomic E-state index is 14.4. The topological polar surface area (TPSA) is 129 Å². The van der Waals surface area contributed by atoms with Gasteiger partial charge in [0.05, 0.1) is 18.8 Å². The molecule has 2 fully saturated rings. The highest BCUT2D eigenvalue weighted by Crippen LogP contribution is 2.29. The number of methoxy groups -OCH3 is 1. The molecular formula is C40H60N4O6. The summed E-state index contributed by atoms with van der Waals surface area (Å²) in [5.74, 6) is -0.822. The first-order valence-electron chi connectivity index (χ1n) is 18.6. The molecule has 276 valence electrons. The van der Waals surface area contributed by atoms with E-state index in [0.717, 1.165) is 62.6 Å². The van der Waals surface area contributed by atoms with E-state index in [2.05, 4.69) is 16.0 Å². The monoisotopic (exact) mass is 692 g/mol. The van der Waals surface area contributed by atoms with E-state index in [1.807, 2.05) is 65.6 Å². The van der Waals surface area contributed by atoms with E-state index in [1.54, 1.807) is 27.9 Å². The number of carbonyl (C=O) groups is 3. The lowest BCUT2D eigenvalue weighted by Gasteiger charge is -2.38. The molecule has 2 aromatic carbocycles. The molecule has 1 aliphatic heterocycles. The molecule has 10 nitrogen and oxygen atoms in total. The van der Waals surface area contributed by atoms with Gasteiger partial charge in [-0.15, -0.1) is 0 Å². The molecule has 0 aromatic heterocycles. The van der Waals surface area contributed by atoms with Crippen LogP contribution in [0.4, 0.5) is 4.79 Å². The fourth-order valence-electron chi connectivity index (χ4n) is 7.23. The largest absolute Gasteiger partial charge is 0.444 e. The second kappa shape index (κ2) is 19.8. The Bertz CT molecular complexity index is 1310. The molecule has 1 saturated carbocycles. The quantitative estimate of drug-likeness (QED) is 0.182. The Morgan fingerprint density at radius 1 is 0.860 bits per heavy atom. The van der Waals surface area contributed by atoms with Crippen molar-refractivity contribution in [3.63, 3.8) is 0 Å². The van der Waals surface area contributed by atoms with Crippen molar-refractivity contribution < 1.29 is 29.0 Å². The van der Waals surface area contributed by atoms with Crippen LogP contribution in [0.25, 0.3) is 0 Å². The summed E-state index contributed by atoms with van der Waals surface area (Å²) in [7, 11) is 1.69. The van der Waals surface area contributed by atoms with E-state index in [1.165, 1.54) is 0 Å². The first-order valence-corrected chi connectivity index (χ1v) is 18.6. The molecule has 50 heavy (non-hydrogen) atoms. The highest BCUT2D eigenvalue weighted by molar-refractivity contribution is 5.89. The van der Waals surface area contributed by atoms with Gasteiger partial charge >= 0.3 is 6.09 Å². The highest BCUT2D eigenvalue weighted by Gasteiger charge is 2.37. The Morgan fingerprint density at radius 3 is 2.04 bits per heavy atom. The standard InChI is InChI=1S/C40H60N4O6/c1-40(2,3)50-39(48)42-34(27-30-16-10-6-11-17-30)35(45)28-32(26-29-14-8-5-9-15-29)37(46)43-36(31-18-12-7-13-19-31)38(47)44-23-20-33(21-24-44)41-22-25-49-4/h5-6,8-11,14-17,31-36,41,45H,7,12-13,18-28H2,1-4H3,(H,42,48)(H,43,46)/t32-,34-,35+,36-/m0/s1. The van der Waals surface area contributed by atoms with Crippen molar-refractivity contribution in [2.75, 3.05) is 33.4 Å². The number of alkyl carbamates (subject to hydrolysis) is 1. The number of hydrogen-bond acceptors (Lipinski definition) is 7. The maximum absolute atomic E-state index is 14.4. The predicted molar refractivity (Wildman–Crippen MR) is 196 cm³/mol. The molecule has 1 aliphatic carbocycles. The summed E-state index contributed by atoms with van der Waals surface area (Å²) in [5.41, 5.74) is 1.19. The molecule has 0 bridgehead atoms.